The van der Waals surface area contributed by atoms with Gasteiger partial charge in [0.2, 0.25) is 0 Å². The monoisotopic (exact) mass is 344 g/mol. The van der Waals surface area contributed by atoms with Crippen molar-refractivity contribution in [1.29, 1.82) is 0 Å². The minimum atomic E-state index is -0.504. The largest absolute Gasteiger partial charge is 0.444 e. The molecule has 2 rings (SSSR count). The summed E-state index contributed by atoms with van der Waals surface area (Å²) in [6.45, 7) is 7.10. The SMILES string of the molecule is CN(C(=O)OC(C)(C)C)[C@H]1CNC[C@H]1c1ccc(Cl)c(Cl)c1. The van der Waals surface area contributed by atoms with Gasteiger partial charge >= 0.3 is 6.09 Å². The summed E-state index contributed by atoms with van der Waals surface area (Å²) in [6, 6.07) is 5.65. The zero-order chi connectivity index (χ0) is 16.5. The van der Waals surface area contributed by atoms with E-state index in [1.807, 2.05) is 32.9 Å². The molecule has 0 spiro atoms. The Labute approximate surface area is 141 Å². The van der Waals surface area contributed by atoms with E-state index in [9.17, 15) is 4.79 Å². The first-order valence-electron chi connectivity index (χ1n) is 7.30. The third-order valence-electron chi connectivity index (χ3n) is 3.73. The molecule has 2 atom stereocenters. The third kappa shape index (κ3) is 4.06. The van der Waals surface area contributed by atoms with Crippen LogP contribution in [0, 0.1) is 0 Å². The summed E-state index contributed by atoms with van der Waals surface area (Å²) < 4.78 is 5.45. The van der Waals surface area contributed by atoms with Crippen molar-refractivity contribution in [2.24, 2.45) is 0 Å². The van der Waals surface area contributed by atoms with E-state index in [0.29, 0.717) is 10.0 Å². The van der Waals surface area contributed by atoms with Gasteiger partial charge in [-0.05, 0) is 38.5 Å². The highest BCUT2D eigenvalue weighted by molar-refractivity contribution is 6.42. The third-order valence-corrected chi connectivity index (χ3v) is 4.47. The van der Waals surface area contributed by atoms with Gasteiger partial charge in [-0.3, -0.25) is 0 Å². The second-order valence-electron chi connectivity index (χ2n) is 6.60. The average molecular weight is 345 g/mol. The summed E-state index contributed by atoms with van der Waals surface area (Å²) in [6.07, 6.45) is -0.314. The van der Waals surface area contributed by atoms with Gasteiger partial charge in [-0.1, -0.05) is 29.3 Å². The van der Waals surface area contributed by atoms with E-state index in [0.717, 1.165) is 18.7 Å². The van der Waals surface area contributed by atoms with Gasteiger partial charge in [0.1, 0.15) is 5.60 Å². The van der Waals surface area contributed by atoms with Gasteiger partial charge in [-0.15, -0.1) is 0 Å². The van der Waals surface area contributed by atoms with Gasteiger partial charge in [0.05, 0.1) is 16.1 Å². The summed E-state index contributed by atoms with van der Waals surface area (Å²) in [5.74, 6) is 0.160. The number of hydrogen-bond acceptors (Lipinski definition) is 3. The van der Waals surface area contributed by atoms with Crippen LogP contribution in [0.25, 0.3) is 0 Å². The summed E-state index contributed by atoms with van der Waals surface area (Å²) in [5.41, 5.74) is 0.566. The fourth-order valence-corrected chi connectivity index (χ4v) is 2.93. The van der Waals surface area contributed by atoms with E-state index in [2.05, 4.69) is 5.32 Å². The highest BCUT2D eigenvalue weighted by Gasteiger charge is 2.35. The second-order valence-corrected chi connectivity index (χ2v) is 7.41. The summed E-state index contributed by atoms with van der Waals surface area (Å²) in [4.78, 5) is 13.9. The Morgan fingerprint density at radius 1 is 1.27 bits per heavy atom. The van der Waals surface area contributed by atoms with Gasteiger partial charge in [0, 0.05) is 26.1 Å². The minimum absolute atomic E-state index is 0.0205. The van der Waals surface area contributed by atoms with Crippen molar-refractivity contribution in [2.45, 2.75) is 38.3 Å². The number of benzene rings is 1. The molecule has 0 unspecified atom stereocenters. The molecule has 0 aromatic heterocycles. The summed E-state index contributed by atoms with van der Waals surface area (Å²) in [7, 11) is 1.77. The van der Waals surface area contributed by atoms with E-state index >= 15 is 0 Å². The molecule has 1 fully saturated rings. The molecule has 1 heterocycles. The number of ether oxygens (including phenoxy) is 1. The van der Waals surface area contributed by atoms with Gasteiger partial charge < -0.3 is 15.0 Å². The van der Waals surface area contributed by atoms with Crippen molar-refractivity contribution in [3.8, 4) is 0 Å². The first kappa shape index (κ1) is 17.4. The van der Waals surface area contributed by atoms with E-state index in [1.165, 1.54) is 0 Å². The maximum absolute atomic E-state index is 12.3. The number of carbonyl (C=O) groups is 1. The number of likely N-dealkylation sites (N-methyl/N-ethyl adjacent to an activating group) is 1. The van der Waals surface area contributed by atoms with E-state index in [1.54, 1.807) is 18.0 Å². The van der Waals surface area contributed by atoms with E-state index in [-0.39, 0.29) is 18.1 Å². The van der Waals surface area contributed by atoms with E-state index < -0.39 is 5.60 Å². The molecule has 1 aliphatic rings. The number of amides is 1. The number of nitrogens with one attached hydrogen (secondary N) is 1. The molecule has 1 aromatic rings. The fraction of sp³-hybridized carbons (Fsp3) is 0.562. The van der Waals surface area contributed by atoms with Crippen molar-refractivity contribution in [2.75, 3.05) is 20.1 Å². The lowest BCUT2D eigenvalue weighted by atomic mass is 9.93. The van der Waals surface area contributed by atoms with Crippen molar-refractivity contribution in [3.05, 3.63) is 33.8 Å². The summed E-state index contributed by atoms with van der Waals surface area (Å²) in [5, 5.41) is 4.40. The zero-order valence-electron chi connectivity index (χ0n) is 13.3. The van der Waals surface area contributed by atoms with Crippen LogP contribution < -0.4 is 5.32 Å². The molecule has 0 radical (unpaired) electrons. The molecule has 1 amide bonds. The van der Waals surface area contributed by atoms with Crippen LogP contribution >= 0.6 is 23.2 Å². The van der Waals surface area contributed by atoms with Crippen molar-refractivity contribution in [1.82, 2.24) is 10.2 Å². The Morgan fingerprint density at radius 3 is 2.55 bits per heavy atom. The van der Waals surface area contributed by atoms with Gasteiger partial charge in [0.25, 0.3) is 0 Å². The number of nitrogens with zero attached hydrogens (tertiary/aromatic N) is 1. The average Bonchev–Trinajstić information content (AvgIpc) is 2.88. The molecule has 22 heavy (non-hydrogen) atoms. The van der Waals surface area contributed by atoms with Crippen LogP contribution in [0.4, 0.5) is 4.79 Å². The van der Waals surface area contributed by atoms with E-state index in [4.69, 9.17) is 27.9 Å². The molecular formula is C16H22Cl2N2O2. The molecule has 122 valence electrons. The highest BCUT2D eigenvalue weighted by Crippen LogP contribution is 2.31. The molecule has 1 aliphatic heterocycles. The minimum Gasteiger partial charge on any atom is -0.444 e. The maximum Gasteiger partial charge on any atom is 0.410 e. The van der Waals surface area contributed by atoms with Gasteiger partial charge in [-0.25, -0.2) is 4.79 Å². The van der Waals surface area contributed by atoms with Crippen LogP contribution in [0.5, 0.6) is 0 Å². The molecule has 0 saturated carbocycles. The lowest BCUT2D eigenvalue weighted by molar-refractivity contribution is 0.0224. The smallest absolute Gasteiger partial charge is 0.410 e. The first-order chi connectivity index (χ1) is 10.2. The second kappa shape index (κ2) is 6.65. The number of rotatable bonds is 2. The van der Waals surface area contributed by atoms with Gasteiger partial charge in [0.15, 0.2) is 0 Å². The lowest BCUT2D eigenvalue weighted by Crippen LogP contribution is -2.44. The van der Waals surface area contributed by atoms with Crippen molar-refractivity contribution in [3.63, 3.8) is 0 Å². The Hall–Kier alpha value is -0.970. The summed E-state index contributed by atoms with van der Waals surface area (Å²) >= 11 is 12.1. The Morgan fingerprint density at radius 2 is 1.95 bits per heavy atom. The Kier molecular flexibility index (Phi) is 5.25. The Balaban J connectivity index is 2.16. The molecule has 1 saturated heterocycles. The van der Waals surface area contributed by atoms with Gasteiger partial charge in [-0.2, -0.15) is 0 Å². The van der Waals surface area contributed by atoms with Crippen LogP contribution in [0.2, 0.25) is 10.0 Å². The van der Waals surface area contributed by atoms with Crippen molar-refractivity contribution >= 4 is 29.3 Å². The number of hydrogen-bond donors (Lipinski definition) is 1. The van der Waals surface area contributed by atoms with Crippen LogP contribution in [0.15, 0.2) is 18.2 Å². The number of carbonyl (C=O) groups excluding carboxylic acids is 1. The lowest BCUT2D eigenvalue weighted by Gasteiger charge is -2.31. The molecule has 0 aliphatic carbocycles. The van der Waals surface area contributed by atoms with Crippen molar-refractivity contribution < 1.29 is 9.53 Å². The topological polar surface area (TPSA) is 41.6 Å². The zero-order valence-corrected chi connectivity index (χ0v) is 14.8. The standard InChI is InChI=1S/C16H22Cl2N2O2/c1-16(2,3)22-15(21)20(4)14-9-19-8-11(14)10-5-6-12(17)13(18)7-10/h5-7,11,14,19H,8-9H2,1-4H3/t11-,14-/m0/s1. The Bertz CT molecular complexity index is 558. The molecular weight excluding hydrogens is 323 g/mol. The molecule has 0 bridgehead atoms. The maximum atomic E-state index is 12.3. The predicted octanol–water partition coefficient (Wildman–Crippen LogP) is 3.92. The molecule has 1 aromatic carbocycles. The fourth-order valence-electron chi connectivity index (χ4n) is 2.62. The number of halogens is 2. The molecule has 1 N–H and O–H groups in total. The molecule has 4 nitrogen and oxygen atoms in total. The highest BCUT2D eigenvalue weighted by atomic mass is 35.5. The van der Waals surface area contributed by atoms with Crippen LogP contribution in [0.3, 0.4) is 0 Å². The quantitative estimate of drug-likeness (QED) is 0.883. The first-order valence-corrected chi connectivity index (χ1v) is 8.06. The predicted molar refractivity (Wildman–Crippen MR) is 89.9 cm³/mol. The van der Waals surface area contributed by atoms with Crippen LogP contribution in [-0.2, 0) is 4.74 Å². The van der Waals surface area contributed by atoms with Crippen LogP contribution in [-0.4, -0.2) is 42.8 Å². The van der Waals surface area contributed by atoms with Crippen LogP contribution in [0.1, 0.15) is 32.3 Å². The molecule has 6 heteroatoms. The normalized spacial score (nSPS) is 21.7.